The molecule has 0 bridgehead atoms. The molecule has 5 atom stereocenters. The number of carbonyl (C=O) groups is 3. The van der Waals surface area contributed by atoms with Gasteiger partial charge >= 0.3 is 17.9 Å². The Morgan fingerprint density at radius 2 is 1.64 bits per heavy atom. The van der Waals surface area contributed by atoms with Gasteiger partial charge < -0.3 is 24.4 Å². The lowest BCUT2D eigenvalue weighted by molar-refractivity contribution is -0.259. The number of carboxylic acid groups (broad SMARTS) is 1. The molecule has 8 heteroatoms. The standard InChI is InChI=1S/C14H22O8/c1-4-9(15)21-11-8(7(3)13(17)18)6-20-14(19)12(11)22-10(16)5-2/h7-8,11-12,14,19H,4-6H2,1-3H3,(H,17,18)/t7?,8-,11+,12-,14-/m1/s1. The minimum Gasteiger partial charge on any atom is -0.481 e. The smallest absolute Gasteiger partial charge is 0.306 e. The van der Waals surface area contributed by atoms with Gasteiger partial charge in [-0.1, -0.05) is 20.8 Å². The van der Waals surface area contributed by atoms with Crippen LogP contribution in [0.3, 0.4) is 0 Å². The monoisotopic (exact) mass is 318 g/mol. The third-order valence-corrected chi connectivity index (χ3v) is 3.63. The first-order valence-electron chi connectivity index (χ1n) is 7.23. The third-order valence-electron chi connectivity index (χ3n) is 3.63. The SMILES string of the molecule is CCC(=O)O[C@@H]1[C@@H](OC(=O)CC)[C@@H](C(C)C(=O)O)CO[C@H]1O. The molecule has 0 aromatic rings. The maximum absolute atomic E-state index is 11.6. The van der Waals surface area contributed by atoms with E-state index in [0.29, 0.717) is 0 Å². The number of aliphatic carboxylic acids is 1. The van der Waals surface area contributed by atoms with Crippen LogP contribution in [0.15, 0.2) is 0 Å². The Labute approximate surface area is 128 Å². The van der Waals surface area contributed by atoms with E-state index in [1.165, 1.54) is 6.92 Å². The predicted molar refractivity (Wildman–Crippen MR) is 72.6 cm³/mol. The Kier molecular flexibility index (Phi) is 6.76. The second kappa shape index (κ2) is 8.09. The number of hydrogen-bond donors (Lipinski definition) is 2. The van der Waals surface area contributed by atoms with E-state index in [-0.39, 0.29) is 19.4 Å². The Hall–Kier alpha value is -1.67. The number of rotatable bonds is 6. The van der Waals surface area contributed by atoms with Crippen molar-refractivity contribution in [3.8, 4) is 0 Å². The molecule has 1 aliphatic rings. The molecule has 2 N–H and O–H groups in total. The number of ether oxygens (including phenoxy) is 3. The van der Waals surface area contributed by atoms with Crippen LogP contribution in [0.5, 0.6) is 0 Å². The molecule has 0 aliphatic carbocycles. The van der Waals surface area contributed by atoms with Crippen molar-refractivity contribution in [1.29, 1.82) is 0 Å². The fraction of sp³-hybridized carbons (Fsp3) is 0.786. The molecule has 8 nitrogen and oxygen atoms in total. The van der Waals surface area contributed by atoms with Crippen molar-refractivity contribution < 1.29 is 38.8 Å². The third kappa shape index (κ3) is 4.41. The Morgan fingerprint density at radius 1 is 1.14 bits per heavy atom. The normalized spacial score (nSPS) is 29.5. The zero-order valence-corrected chi connectivity index (χ0v) is 12.9. The first-order valence-corrected chi connectivity index (χ1v) is 7.23. The van der Waals surface area contributed by atoms with Crippen molar-refractivity contribution in [2.45, 2.75) is 52.1 Å². The highest BCUT2D eigenvalue weighted by atomic mass is 16.7. The molecule has 0 saturated carbocycles. The van der Waals surface area contributed by atoms with Crippen molar-refractivity contribution in [1.82, 2.24) is 0 Å². The van der Waals surface area contributed by atoms with Crippen LogP contribution in [0.4, 0.5) is 0 Å². The summed E-state index contributed by atoms with van der Waals surface area (Å²) in [5, 5.41) is 19.0. The van der Waals surface area contributed by atoms with E-state index < -0.39 is 48.2 Å². The summed E-state index contributed by atoms with van der Waals surface area (Å²) in [6, 6.07) is 0. The summed E-state index contributed by atoms with van der Waals surface area (Å²) in [7, 11) is 0. The molecule has 0 aromatic carbocycles. The number of aliphatic hydroxyl groups is 1. The van der Waals surface area contributed by atoms with Gasteiger partial charge in [-0.15, -0.1) is 0 Å². The Bertz CT molecular complexity index is 421. The van der Waals surface area contributed by atoms with Gasteiger partial charge in [0.15, 0.2) is 12.4 Å². The Morgan fingerprint density at radius 3 is 2.09 bits per heavy atom. The molecule has 22 heavy (non-hydrogen) atoms. The molecule has 1 rings (SSSR count). The van der Waals surface area contributed by atoms with E-state index in [9.17, 15) is 19.5 Å². The maximum Gasteiger partial charge on any atom is 0.306 e. The van der Waals surface area contributed by atoms with Gasteiger partial charge in [-0.2, -0.15) is 0 Å². The van der Waals surface area contributed by atoms with Gasteiger partial charge in [-0.25, -0.2) is 0 Å². The molecule has 0 radical (unpaired) electrons. The first kappa shape index (κ1) is 18.4. The topological polar surface area (TPSA) is 119 Å². The number of esters is 2. The summed E-state index contributed by atoms with van der Waals surface area (Å²) in [6.07, 6.45) is -3.64. The molecule has 0 amide bonds. The summed E-state index contributed by atoms with van der Waals surface area (Å²) >= 11 is 0. The highest BCUT2D eigenvalue weighted by molar-refractivity contribution is 5.71. The number of carbonyl (C=O) groups excluding carboxylic acids is 2. The molecule has 1 heterocycles. The van der Waals surface area contributed by atoms with E-state index in [1.807, 2.05) is 0 Å². The lowest BCUT2D eigenvalue weighted by Crippen LogP contribution is -2.56. The van der Waals surface area contributed by atoms with E-state index >= 15 is 0 Å². The molecule has 1 aliphatic heterocycles. The van der Waals surface area contributed by atoms with Crippen LogP contribution in [0.1, 0.15) is 33.6 Å². The van der Waals surface area contributed by atoms with Crippen molar-refractivity contribution in [3.63, 3.8) is 0 Å². The highest BCUT2D eigenvalue weighted by Gasteiger charge is 2.48. The first-order chi connectivity index (χ1) is 10.3. The van der Waals surface area contributed by atoms with Crippen molar-refractivity contribution in [3.05, 3.63) is 0 Å². The van der Waals surface area contributed by atoms with Crippen LogP contribution < -0.4 is 0 Å². The van der Waals surface area contributed by atoms with Gasteiger partial charge in [-0.3, -0.25) is 14.4 Å². The maximum atomic E-state index is 11.6. The van der Waals surface area contributed by atoms with Gasteiger partial charge in [0.1, 0.15) is 6.10 Å². The predicted octanol–water partition coefficient (Wildman–Crippen LogP) is 0.315. The quantitative estimate of drug-likeness (QED) is 0.672. The number of carboxylic acids is 1. The minimum absolute atomic E-state index is 0.0663. The number of aliphatic hydroxyl groups excluding tert-OH is 1. The van der Waals surface area contributed by atoms with Gasteiger partial charge in [0, 0.05) is 18.8 Å². The lowest BCUT2D eigenvalue weighted by atomic mass is 9.84. The molecule has 0 aromatic heterocycles. The van der Waals surface area contributed by atoms with Crippen LogP contribution in [0.2, 0.25) is 0 Å². The molecular weight excluding hydrogens is 296 g/mol. The van der Waals surface area contributed by atoms with E-state index in [0.717, 1.165) is 0 Å². The fourth-order valence-corrected chi connectivity index (χ4v) is 2.17. The highest BCUT2D eigenvalue weighted by Crippen LogP contribution is 2.30. The van der Waals surface area contributed by atoms with Gasteiger partial charge in [-0.05, 0) is 0 Å². The number of hydrogen-bond acceptors (Lipinski definition) is 7. The van der Waals surface area contributed by atoms with Crippen molar-refractivity contribution >= 4 is 17.9 Å². The van der Waals surface area contributed by atoms with Crippen LogP contribution in [0.25, 0.3) is 0 Å². The second-order valence-electron chi connectivity index (χ2n) is 5.13. The largest absolute Gasteiger partial charge is 0.481 e. The van der Waals surface area contributed by atoms with Crippen molar-refractivity contribution in [2.75, 3.05) is 6.61 Å². The minimum atomic E-state index is -1.47. The Balaban J connectivity index is 3.03. The zero-order chi connectivity index (χ0) is 16.9. The fourth-order valence-electron chi connectivity index (χ4n) is 2.17. The lowest BCUT2D eigenvalue weighted by Gasteiger charge is -2.40. The average molecular weight is 318 g/mol. The van der Waals surface area contributed by atoms with Crippen LogP contribution in [-0.4, -0.2) is 53.2 Å². The molecule has 1 unspecified atom stereocenters. The van der Waals surface area contributed by atoms with E-state index in [1.54, 1.807) is 13.8 Å². The molecule has 1 fully saturated rings. The summed E-state index contributed by atoms with van der Waals surface area (Å²) < 4.78 is 15.4. The van der Waals surface area contributed by atoms with Crippen LogP contribution >= 0.6 is 0 Å². The van der Waals surface area contributed by atoms with E-state index in [4.69, 9.17) is 19.3 Å². The molecule has 126 valence electrons. The summed E-state index contributed by atoms with van der Waals surface area (Å²) in [4.78, 5) is 34.3. The average Bonchev–Trinajstić information content (AvgIpc) is 2.49. The summed E-state index contributed by atoms with van der Waals surface area (Å²) in [6.45, 7) is 4.49. The van der Waals surface area contributed by atoms with Crippen LogP contribution in [0, 0.1) is 11.8 Å². The van der Waals surface area contributed by atoms with Gasteiger partial charge in [0.05, 0.1) is 12.5 Å². The second-order valence-corrected chi connectivity index (χ2v) is 5.13. The molecular formula is C14H22O8. The van der Waals surface area contributed by atoms with Gasteiger partial charge in [0.2, 0.25) is 0 Å². The van der Waals surface area contributed by atoms with Crippen LogP contribution in [-0.2, 0) is 28.6 Å². The molecule has 0 spiro atoms. The summed E-state index contributed by atoms with van der Waals surface area (Å²) in [5.74, 6) is -3.90. The van der Waals surface area contributed by atoms with E-state index in [2.05, 4.69) is 0 Å². The molecule has 1 saturated heterocycles. The summed E-state index contributed by atoms with van der Waals surface area (Å²) in [5.41, 5.74) is 0. The van der Waals surface area contributed by atoms with Crippen molar-refractivity contribution in [2.24, 2.45) is 11.8 Å². The zero-order valence-electron chi connectivity index (χ0n) is 12.9. The van der Waals surface area contributed by atoms with Gasteiger partial charge in [0.25, 0.3) is 0 Å².